The Kier molecular flexibility index (Phi) is 5.24. The normalized spacial score (nSPS) is 26.6. The Morgan fingerprint density at radius 1 is 1.24 bits per heavy atom. The average Bonchev–Trinajstić information content (AvgIpc) is 2.54. The Morgan fingerprint density at radius 2 is 1.76 bits per heavy atom. The lowest BCUT2D eigenvalue weighted by Crippen LogP contribution is -2.49. The van der Waals surface area contributed by atoms with Gasteiger partial charge in [-0.05, 0) is 38.5 Å². The molecule has 2 unspecified atom stereocenters. The Balaban J connectivity index is 3.05. The second-order valence-electron chi connectivity index (χ2n) is 8.37. The van der Waals surface area contributed by atoms with Crippen molar-refractivity contribution in [2.45, 2.75) is 83.2 Å². The molecule has 1 aliphatic rings. The molecule has 0 amide bonds. The summed E-state index contributed by atoms with van der Waals surface area (Å²) in [5.74, 6) is -0.182. The molecule has 0 aromatic rings. The molecule has 122 valence electrons. The van der Waals surface area contributed by atoms with Crippen LogP contribution in [0.2, 0.25) is 0 Å². The van der Waals surface area contributed by atoms with E-state index in [-0.39, 0.29) is 20.6 Å². The number of halogens is 1. The van der Waals surface area contributed by atoms with E-state index in [0.29, 0.717) is 19.3 Å². The van der Waals surface area contributed by atoms with Gasteiger partial charge in [0.2, 0.25) is 0 Å². The van der Waals surface area contributed by atoms with Gasteiger partial charge in [0.15, 0.2) is 11.4 Å². The van der Waals surface area contributed by atoms with Gasteiger partial charge in [-0.15, -0.1) is 0 Å². The van der Waals surface area contributed by atoms with Crippen molar-refractivity contribution < 1.29 is 14.3 Å². The minimum atomic E-state index is -0.918. The number of carbonyl (C=O) groups is 2. The van der Waals surface area contributed by atoms with Crippen LogP contribution in [0.4, 0.5) is 0 Å². The minimum Gasteiger partial charge on any atom is -0.451 e. The maximum absolute atomic E-state index is 12.9. The number of Topliss-reactive ketones (excluding diaryl/α,β-unsaturated/α-hetero) is 1. The van der Waals surface area contributed by atoms with E-state index in [0.717, 1.165) is 6.42 Å². The van der Waals surface area contributed by atoms with Crippen molar-refractivity contribution in [1.82, 2.24) is 0 Å². The van der Waals surface area contributed by atoms with Crippen molar-refractivity contribution in [3.63, 3.8) is 0 Å². The molecular formula is C17H29IO3. The summed E-state index contributed by atoms with van der Waals surface area (Å²) >= 11 is 2.37. The summed E-state index contributed by atoms with van der Waals surface area (Å²) in [6, 6.07) is 0. The fourth-order valence-corrected chi connectivity index (χ4v) is 3.66. The van der Waals surface area contributed by atoms with Gasteiger partial charge in [-0.3, -0.25) is 9.59 Å². The second kappa shape index (κ2) is 5.82. The maximum atomic E-state index is 12.9. The number of ketones is 1. The molecule has 0 saturated heterocycles. The molecule has 2 atom stereocenters. The highest BCUT2D eigenvalue weighted by atomic mass is 127. The van der Waals surface area contributed by atoms with Crippen LogP contribution in [0.5, 0.6) is 0 Å². The lowest BCUT2D eigenvalue weighted by atomic mass is 9.64. The molecular weight excluding hydrogens is 379 g/mol. The van der Waals surface area contributed by atoms with E-state index in [9.17, 15) is 9.59 Å². The number of hydrogen-bond acceptors (Lipinski definition) is 3. The van der Waals surface area contributed by atoms with Crippen molar-refractivity contribution in [2.24, 2.45) is 10.8 Å². The third-order valence-electron chi connectivity index (χ3n) is 4.85. The molecule has 3 nitrogen and oxygen atoms in total. The first-order valence-electron chi connectivity index (χ1n) is 7.67. The van der Waals surface area contributed by atoms with E-state index in [1.54, 1.807) is 6.92 Å². The third kappa shape index (κ3) is 4.20. The summed E-state index contributed by atoms with van der Waals surface area (Å²) in [5, 5.41) is 0. The predicted octanol–water partition coefficient (Wildman–Crippen LogP) is 4.70. The zero-order chi connectivity index (χ0) is 16.7. The van der Waals surface area contributed by atoms with Gasteiger partial charge in [0.05, 0.1) is 5.41 Å². The van der Waals surface area contributed by atoms with Gasteiger partial charge >= 0.3 is 5.97 Å². The molecule has 0 spiro atoms. The van der Waals surface area contributed by atoms with Crippen LogP contribution in [0.3, 0.4) is 0 Å². The van der Waals surface area contributed by atoms with Crippen LogP contribution in [-0.2, 0) is 14.3 Å². The molecule has 1 saturated carbocycles. The third-order valence-corrected chi connectivity index (χ3v) is 5.23. The van der Waals surface area contributed by atoms with Gasteiger partial charge < -0.3 is 4.74 Å². The zero-order valence-corrected chi connectivity index (χ0v) is 16.6. The lowest BCUT2D eigenvalue weighted by Gasteiger charge is -2.44. The molecule has 1 rings (SSSR count). The van der Waals surface area contributed by atoms with Crippen LogP contribution in [0.25, 0.3) is 0 Å². The first-order chi connectivity index (χ1) is 9.21. The molecule has 0 heterocycles. The largest absolute Gasteiger partial charge is 0.451 e. The van der Waals surface area contributed by atoms with E-state index < -0.39 is 11.0 Å². The quantitative estimate of drug-likeness (QED) is 0.385. The van der Waals surface area contributed by atoms with E-state index in [2.05, 4.69) is 57.2 Å². The van der Waals surface area contributed by atoms with Crippen molar-refractivity contribution in [1.29, 1.82) is 0 Å². The van der Waals surface area contributed by atoms with E-state index in [4.69, 9.17) is 4.74 Å². The number of alkyl halides is 1. The van der Waals surface area contributed by atoms with Gasteiger partial charge in [0, 0.05) is 9.84 Å². The molecule has 0 aromatic carbocycles. The standard InChI is InChI=1S/C17H29IO3/c1-14(2,3)16(6,11-15(4,5)18)13(20)21-17(7)10-8-9-12(17)19/h8-11H2,1-7H3. The van der Waals surface area contributed by atoms with E-state index >= 15 is 0 Å². The Morgan fingerprint density at radius 3 is 2.10 bits per heavy atom. The average molecular weight is 408 g/mol. The van der Waals surface area contributed by atoms with Crippen LogP contribution >= 0.6 is 22.6 Å². The number of ether oxygens (including phenoxy) is 1. The van der Waals surface area contributed by atoms with Crippen LogP contribution in [0.15, 0.2) is 0 Å². The zero-order valence-electron chi connectivity index (χ0n) is 14.4. The highest BCUT2D eigenvalue weighted by Gasteiger charge is 2.51. The summed E-state index contributed by atoms with van der Waals surface area (Å²) in [6.45, 7) is 14.2. The lowest BCUT2D eigenvalue weighted by molar-refractivity contribution is -0.180. The first kappa shape index (κ1) is 18.9. The predicted molar refractivity (Wildman–Crippen MR) is 93.6 cm³/mol. The fraction of sp³-hybridized carbons (Fsp3) is 0.882. The fourth-order valence-electron chi connectivity index (χ4n) is 2.90. The van der Waals surface area contributed by atoms with Gasteiger partial charge in [-0.2, -0.15) is 0 Å². The second-order valence-corrected chi connectivity index (χ2v) is 11.3. The number of carbonyl (C=O) groups excluding carboxylic acids is 2. The van der Waals surface area contributed by atoms with Gasteiger partial charge in [-0.25, -0.2) is 0 Å². The first-order valence-corrected chi connectivity index (χ1v) is 8.75. The van der Waals surface area contributed by atoms with Crippen LogP contribution < -0.4 is 0 Å². The van der Waals surface area contributed by atoms with Crippen LogP contribution in [0.1, 0.15) is 74.1 Å². The minimum absolute atomic E-state index is 0.0145. The molecule has 1 aliphatic carbocycles. The van der Waals surface area contributed by atoms with Crippen molar-refractivity contribution in [2.75, 3.05) is 0 Å². The molecule has 0 aromatic heterocycles. The maximum Gasteiger partial charge on any atom is 0.313 e. The summed E-state index contributed by atoms with van der Waals surface area (Å²) in [4.78, 5) is 24.9. The summed E-state index contributed by atoms with van der Waals surface area (Å²) in [6.07, 6.45) is 2.69. The summed E-state index contributed by atoms with van der Waals surface area (Å²) < 4.78 is 5.74. The number of esters is 1. The van der Waals surface area contributed by atoms with Crippen molar-refractivity contribution in [3.8, 4) is 0 Å². The SMILES string of the molecule is CC(C)(I)CC(C)(C(=O)OC1(C)CCCC1=O)C(C)(C)C. The highest BCUT2D eigenvalue weighted by molar-refractivity contribution is 14.1. The highest BCUT2D eigenvalue weighted by Crippen LogP contribution is 2.48. The van der Waals surface area contributed by atoms with Crippen molar-refractivity contribution in [3.05, 3.63) is 0 Å². The smallest absolute Gasteiger partial charge is 0.313 e. The van der Waals surface area contributed by atoms with Gasteiger partial charge in [-0.1, -0.05) is 57.2 Å². The molecule has 0 N–H and O–H groups in total. The molecule has 0 bridgehead atoms. The van der Waals surface area contributed by atoms with E-state index in [1.807, 2.05) is 6.92 Å². The Labute approximate surface area is 142 Å². The Bertz CT molecular complexity index is 430. The molecule has 21 heavy (non-hydrogen) atoms. The monoisotopic (exact) mass is 408 g/mol. The van der Waals surface area contributed by atoms with Crippen molar-refractivity contribution >= 4 is 34.3 Å². The van der Waals surface area contributed by atoms with Crippen LogP contribution in [-0.4, -0.2) is 20.8 Å². The van der Waals surface area contributed by atoms with E-state index in [1.165, 1.54) is 0 Å². The van der Waals surface area contributed by atoms with Crippen LogP contribution in [0, 0.1) is 10.8 Å². The molecule has 1 fully saturated rings. The molecule has 0 aliphatic heterocycles. The van der Waals surface area contributed by atoms with Gasteiger partial charge in [0.25, 0.3) is 0 Å². The summed E-state index contributed by atoms with van der Waals surface area (Å²) in [7, 11) is 0. The van der Waals surface area contributed by atoms with Gasteiger partial charge in [0.1, 0.15) is 0 Å². The summed E-state index contributed by atoms with van der Waals surface area (Å²) in [5.41, 5.74) is -1.77. The number of rotatable bonds is 4. The molecule has 0 radical (unpaired) electrons. The number of hydrogen-bond donors (Lipinski definition) is 0. The molecule has 4 heteroatoms. The topological polar surface area (TPSA) is 43.4 Å². The Hall–Kier alpha value is -0.130.